The Morgan fingerprint density at radius 3 is 2.12 bits per heavy atom. The van der Waals surface area contributed by atoms with Crippen LogP contribution in [0.25, 0.3) is 0 Å². The van der Waals surface area contributed by atoms with Gasteiger partial charge in [-0.25, -0.2) is 0 Å². The smallest absolute Gasteiger partial charge is 0.233 e. The summed E-state index contributed by atoms with van der Waals surface area (Å²) in [7, 11) is 0. The Hall–Kier alpha value is -2.49. The van der Waals surface area contributed by atoms with Crippen LogP contribution in [0.4, 0.5) is 5.69 Å². The maximum atomic E-state index is 13.5. The fraction of sp³-hybridized carbons (Fsp3) is 0.409. The van der Waals surface area contributed by atoms with Gasteiger partial charge in [-0.15, -0.1) is 0 Å². The van der Waals surface area contributed by atoms with E-state index in [-0.39, 0.29) is 11.3 Å². The quantitative estimate of drug-likeness (QED) is 0.921. The summed E-state index contributed by atoms with van der Waals surface area (Å²) in [6, 6.07) is 17.8. The molecule has 0 unspecified atom stereocenters. The largest absolute Gasteiger partial charge is 0.506 e. The second kappa shape index (κ2) is 7.02. The highest BCUT2D eigenvalue weighted by atomic mass is 16.3. The van der Waals surface area contributed by atoms with Crippen LogP contribution in [0, 0.1) is 0 Å². The summed E-state index contributed by atoms with van der Waals surface area (Å²) in [5.41, 5.74) is 1.70. The minimum Gasteiger partial charge on any atom is -0.506 e. The molecule has 2 aliphatic rings. The average molecular weight is 350 g/mol. The molecule has 4 nitrogen and oxygen atoms in total. The number of para-hydroxylation sites is 2. The first-order valence-electron chi connectivity index (χ1n) is 9.58. The van der Waals surface area contributed by atoms with E-state index in [1.54, 1.807) is 6.07 Å². The molecule has 1 aliphatic heterocycles. The van der Waals surface area contributed by atoms with Gasteiger partial charge in [0.15, 0.2) is 0 Å². The second-order valence-electron chi connectivity index (χ2n) is 7.42. The van der Waals surface area contributed by atoms with Crippen molar-refractivity contribution in [3.8, 4) is 5.75 Å². The van der Waals surface area contributed by atoms with Crippen LogP contribution in [-0.2, 0) is 10.2 Å². The van der Waals surface area contributed by atoms with E-state index in [0.717, 1.165) is 44.5 Å². The molecule has 2 fully saturated rings. The number of phenolic OH excluding ortho intramolecular Hbond substituents is 1. The highest BCUT2D eigenvalue weighted by molar-refractivity contribution is 5.89. The summed E-state index contributed by atoms with van der Waals surface area (Å²) < 4.78 is 0. The van der Waals surface area contributed by atoms with E-state index >= 15 is 0 Å². The second-order valence-corrected chi connectivity index (χ2v) is 7.42. The number of carbonyl (C=O) groups excluding carboxylic acids is 1. The van der Waals surface area contributed by atoms with Gasteiger partial charge in [-0.3, -0.25) is 4.79 Å². The maximum Gasteiger partial charge on any atom is 0.233 e. The number of carbonyl (C=O) groups is 1. The molecule has 1 saturated heterocycles. The van der Waals surface area contributed by atoms with Crippen LogP contribution < -0.4 is 4.90 Å². The van der Waals surface area contributed by atoms with Crippen LogP contribution in [0.3, 0.4) is 0 Å². The molecule has 1 saturated carbocycles. The average Bonchev–Trinajstić information content (AvgIpc) is 3.20. The summed E-state index contributed by atoms with van der Waals surface area (Å²) in [6.45, 7) is 2.94. The van der Waals surface area contributed by atoms with Crippen LogP contribution in [0.2, 0.25) is 0 Å². The predicted molar refractivity (Wildman–Crippen MR) is 103 cm³/mol. The van der Waals surface area contributed by atoms with Gasteiger partial charge in [0.1, 0.15) is 5.75 Å². The van der Waals surface area contributed by atoms with E-state index in [1.165, 1.54) is 5.56 Å². The molecule has 0 bridgehead atoms. The third kappa shape index (κ3) is 2.94. The topological polar surface area (TPSA) is 43.8 Å². The van der Waals surface area contributed by atoms with Crippen molar-refractivity contribution in [2.75, 3.05) is 31.1 Å². The zero-order valence-corrected chi connectivity index (χ0v) is 15.1. The first-order valence-corrected chi connectivity index (χ1v) is 9.58. The Balaban J connectivity index is 1.50. The first-order chi connectivity index (χ1) is 12.7. The number of benzene rings is 2. The molecule has 2 aromatic rings. The van der Waals surface area contributed by atoms with Crippen molar-refractivity contribution in [3.63, 3.8) is 0 Å². The zero-order chi connectivity index (χ0) is 18.0. The lowest BCUT2D eigenvalue weighted by Gasteiger charge is -2.41. The van der Waals surface area contributed by atoms with Crippen molar-refractivity contribution in [3.05, 3.63) is 60.2 Å². The van der Waals surface area contributed by atoms with Crippen LogP contribution in [-0.4, -0.2) is 42.1 Å². The van der Waals surface area contributed by atoms with Gasteiger partial charge in [-0.1, -0.05) is 55.3 Å². The minimum absolute atomic E-state index is 0.290. The number of amides is 1. The van der Waals surface area contributed by atoms with Gasteiger partial charge in [0.2, 0.25) is 5.91 Å². The van der Waals surface area contributed by atoms with Crippen molar-refractivity contribution in [2.24, 2.45) is 0 Å². The number of hydrogen-bond donors (Lipinski definition) is 1. The molecular weight excluding hydrogens is 324 g/mol. The summed E-state index contributed by atoms with van der Waals surface area (Å²) in [5, 5.41) is 10.1. The molecule has 0 atom stereocenters. The van der Waals surface area contributed by atoms with Crippen molar-refractivity contribution in [2.45, 2.75) is 31.1 Å². The molecule has 1 heterocycles. The highest BCUT2D eigenvalue weighted by Crippen LogP contribution is 2.43. The molecule has 0 spiro atoms. The number of hydrogen-bond acceptors (Lipinski definition) is 3. The first kappa shape index (κ1) is 17.0. The van der Waals surface area contributed by atoms with Crippen molar-refractivity contribution >= 4 is 11.6 Å². The molecule has 1 amide bonds. The highest BCUT2D eigenvalue weighted by Gasteiger charge is 2.45. The summed E-state index contributed by atoms with van der Waals surface area (Å²) >= 11 is 0. The summed E-state index contributed by atoms with van der Waals surface area (Å²) in [4.78, 5) is 17.7. The molecule has 2 aromatic carbocycles. The molecular formula is C22H26N2O2. The van der Waals surface area contributed by atoms with Crippen molar-refractivity contribution in [1.82, 2.24) is 4.90 Å². The molecule has 26 heavy (non-hydrogen) atoms. The lowest BCUT2D eigenvalue weighted by molar-refractivity contribution is -0.137. The number of aromatic hydroxyl groups is 1. The number of rotatable bonds is 3. The number of nitrogens with zero attached hydrogens (tertiary/aromatic N) is 2. The fourth-order valence-electron chi connectivity index (χ4n) is 4.55. The Bertz CT molecular complexity index is 761. The monoisotopic (exact) mass is 350 g/mol. The van der Waals surface area contributed by atoms with Gasteiger partial charge in [0.05, 0.1) is 11.1 Å². The van der Waals surface area contributed by atoms with E-state index in [1.807, 2.05) is 41.3 Å². The number of anilines is 1. The predicted octanol–water partition coefficient (Wildman–Crippen LogP) is 3.55. The molecule has 0 aromatic heterocycles. The molecule has 4 heteroatoms. The van der Waals surface area contributed by atoms with Crippen LogP contribution in [0.15, 0.2) is 54.6 Å². The third-order valence-electron chi connectivity index (χ3n) is 5.98. The standard InChI is InChI=1S/C22H26N2O2/c25-20-11-5-4-10-19(20)23-14-16-24(17-15-23)21(26)22(12-6-7-13-22)18-8-2-1-3-9-18/h1-5,8-11,25H,6-7,12-17H2. The van der Waals surface area contributed by atoms with Gasteiger partial charge >= 0.3 is 0 Å². The number of phenols is 1. The van der Waals surface area contributed by atoms with Gasteiger partial charge < -0.3 is 14.9 Å². The molecule has 4 rings (SSSR count). The van der Waals surface area contributed by atoms with E-state index in [2.05, 4.69) is 17.0 Å². The Morgan fingerprint density at radius 1 is 0.846 bits per heavy atom. The normalized spacial score (nSPS) is 19.5. The fourth-order valence-corrected chi connectivity index (χ4v) is 4.55. The lowest BCUT2D eigenvalue weighted by Crippen LogP contribution is -2.54. The Labute approximate surface area is 155 Å². The van der Waals surface area contributed by atoms with E-state index in [0.29, 0.717) is 18.8 Å². The van der Waals surface area contributed by atoms with Crippen LogP contribution in [0.1, 0.15) is 31.2 Å². The zero-order valence-electron chi connectivity index (χ0n) is 15.1. The lowest BCUT2D eigenvalue weighted by atomic mass is 9.77. The molecule has 136 valence electrons. The summed E-state index contributed by atoms with van der Waals surface area (Å²) in [6.07, 6.45) is 4.15. The molecule has 1 N–H and O–H groups in total. The number of piperazine rings is 1. The van der Waals surface area contributed by atoms with E-state index in [9.17, 15) is 9.90 Å². The van der Waals surface area contributed by atoms with Gasteiger partial charge in [-0.05, 0) is 30.5 Å². The Morgan fingerprint density at radius 2 is 1.46 bits per heavy atom. The molecule has 1 aliphatic carbocycles. The minimum atomic E-state index is -0.335. The van der Waals surface area contributed by atoms with Crippen molar-refractivity contribution in [1.29, 1.82) is 0 Å². The van der Waals surface area contributed by atoms with Gasteiger partial charge in [0.25, 0.3) is 0 Å². The SMILES string of the molecule is O=C(N1CCN(c2ccccc2O)CC1)C1(c2ccccc2)CCCC1. The Kier molecular flexibility index (Phi) is 4.58. The van der Waals surface area contributed by atoms with Gasteiger partial charge in [0, 0.05) is 26.2 Å². The van der Waals surface area contributed by atoms with E-state index < -0.39 is 0 Å². The van der Waals surface area contributed by atoms with Crippen LogP contribution in [0.5, 0.6) is 5.75 Å². The maximum absolute atomic E-state index is 13.5. The van der Waals surface area contributed by atoms with Crippen LogP contribution >= 0.6 is 0 Å². The molecule has 0 radical (unpaired) electrons. The third-order valence-corrected chi connectivity index (χ3v) is 5.98. The van der Waals surface area contributed by atoms with Crippen molar-refractivity contribution < 1.29 is 9.90 Å². The van der Waals surface area contributed by atoms with E-state index in [4.69, 9.17) is 0 Å². The summed E-state index contributed by atoms with van der Waals surface area (Å²) in [5.74, 6) is 0.599. The van der Waals surface area contributed by atoms with Gasteiger partial charge in [-0.2, -0.15) is 0 Å².